The number of carbonyl (C=O) groups excluding carboxylic acids is 1. The number of aromatic nitrogens is 4. The molecule has 0 N–H and O–H groups in total. The molecule has 0 unspecified atom stereocenters. The quantitative estimate of drug-likeness (QED) is 0.306. The zero-order valence-electron chi connectivity index (χ0n) is 14.2. The van der Waals surface area contributed by atoms with Crippen molar-refractivity contribution in [1.82, 2.24) is 19.5 Å². The van der Waals surface area contributed by atoms with Gasteiger partial charge in [-0.2, -0.15) is 0 Å². The number of fused-ring (bicyclic) bond motifs is 1. The highest BCUT2D eigenvalue weighted by molar-refractivity contribution is 7.98. The topological polar surface area (TPSA) is 60.7 Å². The smallest absolute Gasteiger partial charge is 0.189 e. The zero-order chi connectivity index (χ0) is 17.9. The Labute approximate surface area is 155 Å². The van der Waals surface area contributed by atoms with Gasteiger partial charge in [-0.1, -0.05) is 48.2 Å². The van der Waals surface area contributed by atoms with Crippen molar-refractivity contribution < 1.29 is 4.79 Å². The van der Waals surface area contributed by atoms with Crippen molar-refractivity contribution in [2.24, 2.45) is 0 Å². The van der Waals surface area contributed by atoms with E-state index in [9.17, 15) is 4.79 Å². The summed E-state index contributed by atoms with van der Waals surface area (Å²) in [5, 5.41) is 3.00. The maximum Gasteiger partial charge on any atom is 0.189 e. The highest BCUT2D eigenvalue weighted by Crippen LogP contribution is 2.27. The first-order chi connectivity index (χ1) is 12.8. The van der Waals surface area contributed by atoms with Crippen molar-refractivity contribution in [3.8, 4) is 17.2 Å². The maximum atomic E-state index is 11.1. The Morgan fingerprint density at radius 2 is 1.92 bits per heavy atom. The fourth-order valence-electron chi connectivity index (χ4n) is 2.96. The lowest BCUT2D eigenvalue weighted by Crippen LogP contribution is -2.06. The molecule has 0 saturated heterocycles. The molecule has 2 aromatic heterocycles. The summed E-state index contributed by atoms with van der Waals surface area (Å²) < 4.78 is 1.93. The summed E-state index contributed by atoms with van der Waals surface area (Å²) in [5.41, 5.74) is 1.78. The Hall–Kier alpha value is -2.99. The van der Waals surface area contributed by atoms with Crippen molar-refractivity contribution in [2.75, 3.05) is 6.26 Å². The van der Waals surface area contributed by atoms with E-state index in [4.69, 9.17) is 0 Å². The molecular weight excluding hydrogens is 344 g/mol. The number of hydrogen-bond donors (Lipinski definition) is 0. The lowest BCUT2D eigenvalue weighted by molar-refractivity contribution is -0.107. The summed E-state index contributed by atoms with van der Waals surface area (Å²) in [6, 6.07) is 16.3. The minimum absolute atomic E-state index is 0.277. The number of imidazole rings is 1. The summed E-state index contributed by atoms with van der Waals surface area (Å²) in [4.78, 5) is 24.5. The van der Waals surface area contributed by atoms with Crippen LogP contribution in [0.5, 0.6) is 0 Å². The first kappa shape index (κ1) is 16.5. The van der Waals surface area contributed by atoms with Crippen LogP contribution in [0.1, 0.15) is 5.69 Å². The maximum absolute atomic E-state index is 11.1. The summed E-state index contributed by atoms with van der Waals surface area (Å²) >= 11 is 1.48. The fourth-order valence-corrected chi connectivity index (χ4v) is 3.31. The van der Waals surface area contributed by atoms with Crippen LogP contribution in [0.25, 0.3) is 28.0 Å². The van der Waals surface area contributed by atoms with Gasteiger partial charge in [-0.3, -0.25) is 4.57 Å². The molecule has 0 radical (unpaired) electrons. The molecule has 5 nitrogen and oxygen atoms in total. The highest BCUT2D eigenvalue weighted by atomic mass is 32.2. The van der Waals surface area contributed by atoms with E-state index in [1.807, 2.05) is 35.1 Å². The monoisotopic (exact) mass is 360 g/mol. The van der Waals surface area contributed by atoms with Gasteiger partial charge in [0.15, 0.2) is 5.16 Å². The van der Waals surface area contributed by atoms with Crippen LogP contribution in [-0.4, -0.2) is 32.1 Å². The number of nitrogens with zero attached hydrogens (tertiary/aromatic N) is 4. The molecule has 0 amide bonds. The molecule has 0 aliphatic carbocycles. The van der Waals surface area contributed by atoms with Gasteiger partial charge in [0.1, 0.15) is 17.9 Å². The van der Waals surface area contributed by atoms with Gasteiger partial charge < -0.3 is 4.79 Å². The van der Waals surface area contributed by atoms with Crippen LogP contribution in [0.4, 0.5) is 0 Å². The fraction of sp³-hybridized carbons (Fsp3) is 0.100. The van der Waals surface area contributed by atoms with E-state index in [0.717, 1.165) is 28.8 Å². The van der Waals surface area contributed by atoms with E-state index < -0.39 is 0 Å². The average Bonchev–Trinajstić information content (AvgIpc) is 3.11. The molecule has 2 aromatic carbocycles. The first-order valence-electron chi connectivity index (χ1n) is 8.17. The number of aldehydes is 1. The Balaban J connectivity index is 1.91. The van der Waals surface area contributed by atoms with E-state index in [2.05, 4.69) is 39.2 Å². The van der Waals surface area contributed by atoms with Crippen molar-refractivity contribution in [1.29, 1.82) is 0 Å². The van der Waals surface area contributed by atoms with E-state index in [1.165, 1.54) is 17.1 Å². The average molecular weight is 360 g/mol. The first-order valence-corrected chi connectivity index (χ1v) is 9.39. The Bertz CT molecular complexity index is 1090. The molecule has 0 fully saturated rings. The number of thioether (sulfide) groups is 1. The van der Waals surface area contributed by atoms with Crippen LogP contribution in [0, 0.1) is 0 Å². The molecular formula is C20H16N4OS. The van der Waals surface area contributed by atoms with Crippen molar-refractivity contribution >= 4 is 28.8 Å². The van der Waals surface area contributed by atoms with Gasteiger partial charge in [-0.15, -0.1) is 0 Å². The summed E-state index contributed by atoms with van der Waals surface area (Å²) in [6.45, 7) is 0. The van der Waals surface area contributed by atoms with Gasteiger partial charge in [0, 0.05) is 24.4 Å². The number of benzene rings is 2. The third-order valence-electron chi connectivity index (χ3n) is 4.17. The van der Waals surface area contributed by atoms with Gasteiger partial charge in [-0.05, 0) is 29.2 Å². The zero-order valence-corrected chi connectivity index (χ0v) is 15.0. The van der Waals surface area contributed by atoms with Gasteiger partial charge >= 0.3 is 0 Å². The van der Waals surface area contributed by atoms with Gasteiger partial charge in [0.05, 0.1) is 5.69 Å². The molecule has 0 atom stereocenters. The SMILES string of the molecule is CSc1nccc(-n2c(CC=O)cnc2-c2ccc3ccccc3c2)n1. The molecule has 128 valence electrons. The summed E-state index contributed by atoms with van der Waals surface area (Å²) in [5.74, 6) is 1.47. The van der Waals surface area contributed by atoms with Gasteiger partial charge in [-0.25, -0.2) is 15.0 Å². The molecule has 0 aliphatic heterocycles. The molecule has 4 aromatic rings. The van der Waals surface area contributed by atoms with E-state index in [1.54, 1.807) is 12.4 Å². The summed E-state index contributed by atoms with van der Waals surface area (Å²) in [6.07, 6.45) is 6.56. The van der Waals surface area contributed by atoms with Crippen LogP contribution in [-0.2, 0) is 11.2 Å². The Morgan fingerprint density at radius 1 is 1.08 bits per heavy atom. The molecule has 0 bridgehead atoms. The second-order valence-corrected chi connectivity index (χ2v) is 6.52. The minimum Gasteiger partial charge on any atom is -0.303 e. The molecule has 6 heteroatoms. The van der Waals surface area contributed by atoms with Gasteiger partial charge in [0.2, 0.25) is 0 Å². The molecule has 0 saturated carbocycles. The third-order valence-corrected chi connectivity index (χ3v) is 4.73. The Morgan fingerprint density at radius 3 is 2.73 bits per heavy atom. The second kappa shape index (κ2) is 7.09. The largest absolute Gasteiger partial charge is 0.303 e. The summed E-state index contributed by atoms with van der Waals surface area (Å²) in [7, 11) is 0. The van der Waals surface area contributed by atoms with Crippen LogP contribution in [0.15, 0.2) is 66.1 Å². The van der Waals surface area contributed by atoms with Crippen LogP contribution in [0.3, 0.4) is 0 Å². The van der Waals surface area contributed by atoms with E-state index in [0.29, 0.717) is 11.0 Å². The predicted octanol–water partition coefficient (Wildman–Crippen LogP) is 3.95. The highest BCUT2D eigenvalue weighted by Gasteiger charge is 2.15. The van der Waals surface area contributed by atoms with Crippen molar-refractivity contribution in [3.63, 3.8) is 0 Å². The molecule has 26 heavy (non-hydrogen) atoms. The molecule has 0 aliphatic rings. The van der Waals surface area contributed by atoms with Crippen molar-refractivity contribution in [2.45, 2.75) is 11.6 Å². The Kier molecular flexibility index (Phi) is 4.50. The van der Waals surface area contributed by atoms with E-state index in [-0.39, 0.29) is 6.42 Å². The lowest BCUT2D eigenvalue weighted by atomic mass is 10.1. The molecule has 2 heterocycles. The second-order valence-electron chi connectivity index (χ2n) is 5.74. The number of hydrogen-bond acceptors (Lipinski definition) is 5. The van der Waals surface area contributed by atoms with Crippen LogP contribution in [0.2, 0.25) is 0 Å². The third kappa shape index (κ3) is 2.99. The minimum atomic E-state index is 0.277. The van der Waals surface area contributed by atoms with Gasteiger partial charge in [0.25, 0.3) is 0 Å². The lowest BCUT2D eigenvalue weighted by Gasteiger charge is -2.11. The number of rotatable bonds is 5. The van der Waals surface area contributed by atoms with Crippen LogP contribution >= 0.6 is 11.8 Å². The van der Waals surface area contributed by atoms with E-state index >= 15 is 0 Å². The normalized spacial score (nSPS) is 11.0. The number of carbonyl (C=O) groups is 1. The van der Waals surface area contributed by atoms with Crippen molar-refractivity contribution in [3.05, 3.63) is 66.6 Å². The van der Waals surface area contributed by atoms with Crippen LogP contribution < -0.4 is 0 Å². The predicted molar refractivity (Wildman–Crippen MR) is 104 cm³/mol. The molecule has 4 rings (SSSR count). The molecule has 0 spiro atoms. The standard InChI is InChI=1S/C20H16N4OS/c1-26-20-21-10-8-18(23-20)24-17(9-11-25)13-22-19(24)16-7-6-14-4-2-3-5-15(14)12-16/h2-8,10-13H,9H2,1H3.